The molecule has 0 fully saturated rings. The van der Waals surface area contributed by atoms with E-state index >= 15 is 0 Å². The van der Waals surface area contributed by atoms with Crippen LogP contribution in [0.2, 0.25) is 10.0 Å². The zero-order valence-corrected chi connectivity index (χ0v) is 20.7. The highest BCUT2D eigenvalue weighted by atomic mass is 35.5. The third-order valence-corrected chi connectivity index (χ3v) is 6.30. The van der Waals surface area contributed by atoms with Crippen LogP contribution < -0.4 is 14.8 Å². The van der Waals surface area contributed by atoms with E-state index in [2.05, 4.69) is 10.3 Å². The Labute approximate surface area is 213 Å². The number of aromatic nitrogens is 1. The number of nitrogens with one attached hydrogen (secondary N) is 2. The van der Waals surface area contributed by atoms with Crippen molar-refractivity contribution in [3.05, 3.63) is 93.6 Å². The first kappa shape index (κ1) is 24.9. The maximum Gasteiger partial charge on any atom is 0.321 e. The van der Waals surface area contributed by atoms with Crippen LogP contribution in [0, 0.1) is 0 Å². The molecule has 0 saturated carbocycles. The summed E-state index contributed by atoms with van der Waals surface area (Å²) in [5, 5.41) is 14.9. The second-order valence-corrected chi connectivity index (χ2v) is 8.87. The first-order valence-electron chi connectivity index (χ1n) is 11.3. The van der Waals surface area contributed by atoms with Gasteiger partial charge in [-0.15, -0.1) is 0 Å². The molecule has 6 nitrogen and oxygen atoms in total. The van der Waals surface area contributed by atoms with Crippen LogP contribution in [-0.4, -0.2) is 28.7 Å². The van der Waals surface area contributed by atoms with Gasteiger partial charge in [0.25, 0.3) is 0 Å². The molecule has 1 aromatic heterocycles. The van der Waals surface area contributed by atoms with Gasteiger partial charge in [-0.05, 0) is 42.3 Å². The molecule has 0 bridgehead atoms. The molecule has 1 heterocycles. The van der Waals surface area contributed by atoms with E-state index in [1.54, 1.807) is 12.1 Å². The summed E-state index contributed by atoms with van der Waals surface area (Å²) < 4.78 is 11.7. The quantitative estimate of drug-likeness (QED) is 0.221. The minimum Gasteiger partial charge on any atom is -0.490 e. The number of fused-ring (bicyclic) bond motifs is 1. The van der Waals surface area contributed by atoms with Crippen LogP contribution in [0.5, 0.6) is 11.5 Å². The van der Waals surface area contributed by atoms with Crippen molar-refractivity contribution in [1.29, 1.82) is 0 Å². The van der Waals surface area contributed by atoms with Crippen molar-refractivity contribution in [3.63, 3.8) is 0 Å². The lowest BCUT2D eigenvalue weighted by Crippen LogP contribution is -2.38. The Hall–Kier alpha value is -3.19. The van der Waals surface area contributed by atoms with Crippen molar-refractivity contribution in [3.8, 4) is 11.5 Å². The topological polar surface area (TPSA) is 83.6 Å². The Kier molecular flexibility index (Phi) is 8.18. The molecule has 4 rings (SSSR count). The number of halogens is 2. The Balaban J connectivity index is 1.48. The highest BCUT2D eigenvalue weighted by Gasteiger charge is 2.20. The van der Waals surface area contributed by atoms with Gasteiger partial charge >= 0.3 is 5.97 Å². The van der Waals surface area contributed by atoms with E-state index in [1.165, 1.54) is 0 Å². The summed E-state index contributed by atoms with van der Waals surface area (Å²) in [5.74, 6) is -0.00998. The minimum absolute atomic E-state index is 0.239. The number of benzene rings is 3. The van der Waals surface area contributed by atoms with Crippen LogP contribution >= 0.6 is 23.2 Å². The van der Waals surface area contributed by atoms with Crippen LogP contribution in [0.25, 0.3) is 10.9 Å². The van der Waals surface area contributed by atoms with Crippen molar-refractivity contribution in [1.82, 2.24) is 10.3 Å². The second kappa shape index (κ2) is 11.5. The number of carboxylic acids is 1. The monoisotopic (exact) mass is 512 g/mol. The Bertz CT molecular complexity index is 1320. The molecule has 0 saturated heterocycles. The maximum absolute atomic E-state index is 12.0. The van der Waals surface area contributed by atoms with Crippen LogP contribution in [-0.2, 0) is 24.4 Å². The summed E-state index contributed by atoms with van der Waals surface area (Å²) in [4.78, 5) is 15.2. The third kappa shape index (κ3) is 6.09. The fourth-order valence-corrected chi connectivity index (χ4v) is 4.38. The van der Waals surface area contributed by atoms with Crippen molar-refractivity contribution < 1.29 is 19.4 Å². The first-order chi connectivity index (χ1) is 17.0. The number of aliphatic carboxylic acids is 1. The smallest absolute Gasteiger partial charge is 0.321 e. The predicted octanol–water partition coefficient (Wildman–Crippen LogP) is 6.24. The molecule has 4 aromatic rings. The standard InChI is InChI=1S/C27H26Cl2N2O4/c1-2-34-25-12-17(11-22(29)26(25)35-16-18-7-3-5-9-21(18)28)14-30-24(27(32)33)13-19-15-31-23-10-6-4-8-20(19)23/h3-12,15,24,30-31H,2,13-14,16H2,1H3,(H,32,33)/t24-/m0/s1. The van der Waals surface area contributed by atoms with Gasteiger partial charge < -0.3 is 24.9 Å². The summed E-state index contributed by atoms with van der Waals surface area (Å²) >= 11 is 12.8. The number of hydrogen-bond acceptors (Lipinski definition) is 4. The Morgan fingerprint density at radius 1 is 1.03 bits per heavy atom. The lowest BCUT2D eigenvalue weighted by Gasteiger charge is -2.18. The number of ether oxygens (including phenoxy) is 2. The van der Waals surface area contributed by atoms with Crippen molar-refractivity contribution in [2.24, 2.45) is 0 Å². The molecule has 0 unspecified atom stereocenters. The van der Waals surface area contributed by atoms with Gasteiger partial charge in [-0.1, -0.05) is 59.6 Å². The summed E-state index contributed by atoms with van der Waals surface area (Å²) in [7, 11) is 0. The van der Waals surface area contributed by atoms with E-state index in [0.717, 1.165) is 27.6 Å². The number of aromatic amines is 1. The predicted molar refractivity (Wildman–Crippen MR) is 139 cm³/mol. The first-order valence-corrected chi connectivity index (χ1v) is 12.0. The third-order valence-electron chi connectivity index (χ3n) is 5.65. The number of H-pyrrole nitrogens is 1. The number of rotatable bonds is 11. The number of carboxylic acid groups (broad SMARTS) is 1. The van der Waals surface area contributed by atoms with Crippen molar-refractivity contribution >= 4 is 40.1 Å². The average molecular weight is 513 g/mol. The van der Waals surface area contributed by atoms with Gasteiger partial charge in [-0.3, -0.25) is 4.79 Å². The van der Waals surface area contributed by atoms with Gasteiger partial charge in [0.2, 0.25) is 0 Å². The fraction of sp³-hybridized carbons (Fsp3) is 0.222. The second-order valence-electron chi connectivity index (χ2n) is 8.05. The molecule has 8 heteroatoms. The van der Waals surface area contributed by atoms with E-state index < -0.39 is 12.0 Å². The highest BCUT2D eigenvalue weighted by molar-refractivity contribution is 6.32. The molecule has 3 N–H and O–H groups in total. The molecule has 1 atom stereocenters. The molecule has 35 heavy (non-hydrogen) atoms. The molecule has 3 aromatic carbocycles. The molecule has 0 aliphatic carbocycles. The van der Waals surface area contributed by atoms with E-state index in [-0.39, 0.29) is 6.61 Å². The van der Waals surface area contributed by atoms with Crippen molar-refractivity contribution in [2.75, 3.05) is 6.61 Å². The normalized spacial score (nSPS) is 12.0. The zero-order valence-electron chi connectivity index (χ0n) is 19.2. The Morgan fingerprint density at radius 3 is 2.57 bits per heavy atom. The lowest BCUT2D eigenvalue weighted by atomic mass is 10.0. The molecular formula is C27H26Cl2N2O4. The van der Waals surface area contributed by atoms with E-state index in [1.807, 2.05) is 61.7 Å². The molecule has 182 valence electrons. The lowest BCUT2D eigenvalue weighted by molar-refractivity contribution is -0.139. The molecule has 0 radical (unpaired) electrons. The number of hydrogen-bond donors (Lipinski definition) is 3. The number of carbonyl (C=O) groups is 1. The van der Waals surface area contributed by atoms with Crippen LogP contribution in [0.3, 0.4) is 0 Å². The average Bonchev–Trinajstić information content (AvgIpc) is 3.25. The molecular weight excluding hydrogens is 487 g/mol. The van der Waals surface area contributed by atoms with Gasteiger partial charge in [-0.2, -0.15) is 0 Å². The maximum atomic E-state index is 12.0. The van der Waals surface area contributed by atoms with E-state index in [0.29, 0.717) is 41.1 Å². The summed E-state index contributed by atoms with van der Waals surface area (Å²) in [6.07, 6.45) is 2.20. The molecule has 0 amide bonds. The highest BCUT2D eigenvalue weighted by Crippen LogP contribution is 2.37. The summed E-state index contributed by atoms with van der Waals surface area (Å²) in [5.41, 5.74) is 3.54. The van der Waals surface area contributed by atoms with Crippen LogP contribution in [0.4, 0.5) is 0 Å². The molecule has 0 aliphatic heterocycles. The zero-order chi connectivity index (χ0) is 24.8. The van der Waals surface area contributed by atoms with Crippen LogP contribution in [0.15, 0.2) is 66.9 Å². The Morgan fingerprint density at radius 2 is 1.80 bits per heavy atom. The number of para-hydroxylation sites is 1. The van der Waals surface area contributed by atoms with Gasteiger partial charge in [0.05, 0.1) is 11.6 Å². The fourth-order valence-electron chi connectivity index (χ4n) is 3.90. The minimum atomic E-state index is -0.925. The van der Waals surface area contributed by atoms with Gasteiger partial charge in [0.1, 0.15) is 12.6 Å². The summed E-state index contributed by atoms with van der Waals surface area (Å²) in [6, 6.07) is 18.0. The summed E-state index contributed by atoms with van der Waals surface area (Å²) in [6.45, 7) is 2.83. The van der Waals surface area contributed by atoms with Crippen molar-refractivity contribution in [2.45, 2.75) is 32.5 Å². The SMILES string of the molecule is CCOc1cc(CN[C@@H](Cc2c[nH]c3ccccc23)C(=O)O)cc(Cl)c1OCc1ccccc1Cl. The van der Waals surface area contributed by atoms with Gasteiger partial charge in [0.15, 0.2) is 11.5 Å². The largest absolute Gasteiger partial charge is 0.490 e. The van der Waals surface area contributed by atoms with E-state index in [4.69, 9.17) is 32.7 Å². The van der Waals surface area contributed by atoms with Crippen LogP contribution in [0.1, 0.15) is 23.6 Å². The molecule has 0 aliphatic rings. The van der Waals surface area contributed by atoms with E-state index in [9.17, 15) is 9.90 Å². The van der Waals surface area contributed by atoms with Gasteiger partial charge in [0, 0.05) is 40.7 Å². The van der Waals surface area contributed by atoms with Gasteiger partial charge in [-0.25, -0.2) is 0 Å². The molecule has 0 spiro atoms.